The van der Waals surface area contributed by atoms with Crippen molar-refractivity contribution in [2.75, 3.05) is 5.32 Å². The summed E-state index contributed by atoms with van der Waals surface area (Å²) in [5, 5.41) is 13.5. The third-order valence-electron chi connectivity index (χ3n) is 4.67. The van der Waals surface area contributed by atoms with E-state index < -0.39 is 5.97 Å². The van der Waals surface area contributed by atoms with Crippen molar-refractivity contribution in [2.24, 2.45) is 0 Å². The van der Waals surface area contributed by atoms with Crippen LogP contribution < -0.4 is 5.32 Å². The van der Waals surface area contributed by atoms with Crippen LogP contribution in [0, 0.1) is 13.8 Å². The van der Waals surface area contributed by atoms with Gasteiger partial charge in [-0.2, -0.15) is 0 Å². The van der Waals surface area contributed by atoms with Gasteiger partial charge in [0.25, 0.3) is 0 Å². The first-order chi connectivity index (χ1) is 13.5. The number of fused-ring (bicyclic) bond motifs is 1. The maximum atomic E-state index is 11.1. The fraction of sp³-hybridized carbons (Fsp3) is 0.136. The summed E-state index contributed by atoms with van der Waals surface area (Å²) in [6, 6.07) is 16.8. The zero-order valence-electron chi connectivity index (χ0n) is 15.6. The number of benzene rings is 2. The molecule has 2 aromatic carbocycles. The molecule has 4 aromatic rings. The Balaban J connectivity index is 1.75. The molecule has 0 spiro atoms. The number of rotatable bonds is 5. The number of anilines is 2. The van der Waals surface area contributed by atoms with Gasteiger partial charge in [-0.15, -0.1) is 11.3 Å². The zero-order valence-corrected chi connectivity index (χ0v) is 16.4. The maximum Gasteiger partial charge on any atom is 0.335 e. The molecule has 0 aliphatic rings. The monoisotopic (exact) mass is 389 g/mol. The number of hydrogen-bond donors (Lipinski definition) is 2. The minimum absolute atomic E-state index is 0.255. The Bertz CT molecular complexity index is 1150. The number of nitrogens with one attached hydrogen (secondary N) is 1. The summed E-state index contributed by atoms with van der Waals surface area (Å²) in [4.78, 5) is 22.8. The van der Waals surface area contributed by atoms with Crippen molar-refractivity contribution in [1.29, 1.82) is 0 Å². The number of nitrogens with zero attached hydrogens (tertiary/aromatic N) is 2. The number of carboxylic acid groups (broad SMARTS) is 1. The summed E-state index contributed by atoms with van der Waals surface area (Å²) in [6.45, 7) is 4.16. The molecule has 0 aliphatic heterocycles. The lowest BCUT2D eigenvalue weighted by molar-refractivity contribution is 0.0697. The lowest BCUT2D eigenvalue weighted by Gasteiger charge is -2.10. The summed E-state index contributed by atoms with van der Waals surface area (Å²) >= 11 is 1.67. The van der Waals surface area contributed by atoms with Crippen LogP contribution in [-0.4, -0.2) is 21.0 Å². The van der Waals surface area contributed by atoms with Crippen molar-refractivity contribution in [3.05, 3.63) is 82.0 Å². The van der Waals surface area contributed by atoms with Gasteiger partial charge in [0.1, 0.15) is 16.5 Å². The van der Waals surface area contributed by atoms with Crippen molar-refractivity contribution in [3.63, 3.8) is 0 Å². The number of aromatic nitrogens is 2. The SMILES string of the molecule is Cc1sc2nc(Cc3ccccc3)nc(Nc3ccc(C(=O)O)cc3)c2c1C. The van der Waals surface area contributed by atoms with Crippen LogP contribution in [0.2, 0.25) is 0 Å². The largest absolute Gasteiger partial charge is 0.478 e. The maximum absolute atomic E-state index is 11.1. The van der Waals surface area contributed by atoms with Gasteiger partial charge in [-0.3, -0.25) is 0 Å². The van der Waals surface area contributed by atoms with E-state index in [9.17, 15) is 4.79 Å². The van der Waals surface area contributed by atoms with Crippen molar-refractivity contribution >= 4 is 39.0 Å². The van der Waals surface area contributed by atoms with Gasteiger partial charge in [-0.1, -0.05) is 30.3 Å². The minimum atomic E-state index is -0.939. The second kappa shape index (κ2) is 7.40. The summed E-state index contributed by atoms with van der Waals surface area (Å²) < 4.78 is 0. The van der Waals surface area contributed by atoms with E-state index in [0.29, 0.717) is 6.42 Å². The molecule has 2 aromatic heterocycles. The normalized spacial score (nSPS) is 10.9. The molecule has 0 saturated heterocycles. The van der Waals surface area contributed by atoms with Gasteiger partial charge in [-0.25, -0.2) is 14.8 Å². The Labute approximate surface area is 166 Å². The lowest BCUT2D eigenvalue weighted by atomic mass is 10.1. The number of thiophene rings is 1. The summed E-state index contributed by atoms with van der Waals surface area (Å²) in [5.74, 6) is 0.566. The van der Waals surface area contributed by atoms with E-state index >= 15 is 0 Å². The van der Waals surface area contributed by atoms with E-state index in [1.807, 2.05) is 18.2 Å². The molecular weight excluding hydrogens is 370 g/mol. The van der Waals surface area contributed by atoms with Gasteiger partial charge in [0, 0.05) is 17.0 Å². The quantitative estimate of drug-likeness (QED) is 0.482. The van der Waals surface area contributed by atoms with Crippen LogP contribution in [0.3, 0.4) is 0 Å². The third-order valence-corrected chi connectivity index (χ3v) is 5.78. The third kappa shape index (κ3) is 3.59. The predicted octanol–water partition coefficient (Wildman–Crippen LogP) is 5.34. The van der Waals surface area contributed by atoms with Crippen LogP contribution in [0.25, 0.3) is 10.2 Å². The first kappa shape index (κ1) is 18.1. The number of carbonyl (C=O) groups is 1. The first-order valence-corrected chi connectivity index (χ1v) is 9.74. The van der Waals surface area contributed by atoms with Crippen molar-refractivity contribution in [3.8, 4) is 0 Å². The van der Waals surface area contributed by atoms with Gasteiger partial charge < -0.3 is 10.4 Å². The van der Waals surface area contributed by atoms with Crippen molar-refractivity contribution in [2.45, 2.75) is 20.3 Å². The average Bonchev–Trinajstić information content (AvgIpc) is 2.97. The molecule has 2 heterocycles. The Kier molecular flexibility index (Phi) is 4.79. The van der Waals surface area contributed by atoms with E-state index in [4.69, 9.17) is 15.1 Å². The Morgan fingerprint density at radius 1 is 1.04 bits per heavy atom. The summed E-state index contributed by atoms with van der Waals surface area (Å²) in [6.07, 6.45) is 0.652. The van der Waals surface area contributed by atoms with Crippen LogP contribution in [-0.2, 0) is 6.42 Å². The van der Waals surface area contributed by atoms with Crippen LogP contribution in [0.15, 0.2) is 54.6 Å². The first-order valence-electron chi connectivity index (χ1n) is 8.92. The topological polar surface area (TPSA) is 75.1 Å². The molecule has 5 nitrogen and oxygen atoms in total. The average molecular weight is 389 g/mol. The number of hydrogen-bond acceptors (Lipinski definition) is 5. The smallest absolute Gasteiger partial charge is 0.335 e. The number of aryl methyl sites for hydroxylation is 2. The molecule has 0 fully saturated rings. The summed E-state index contributed by atoms with van der Waals surface area (Å²) in [7, 11) is 0. The highest BCUT2D eigenvalue weighted by molar-refractivity contribution is 7.18. The van der Waals surface area contributed by atoms with E-state index in [-0.39, 0.29) is 5.56 Å². The standard InChI is InChI=1S/C22H19N3O2S/c1-13-14(2)28-21-19(13)20(23-17-10-8-16(9-11-17)22(26)27)24-18(25-21)12-15-6-4-3-5-7-15/h3-11H,12H2,1-2H3,(H,26,27)(H,23,24,25). The Morgan fingerprint density at radius 3 is 2.43 bits per heavy atom. The van der Waals surface area contributed by atoms with Gasteiger partial charge in [0.2, 0.25) is 0 Å². The van der Waals surface area contributed by atoms with Gasteiger partial charge in [0.15, 0.2) is 0 Å². The van der Waals surface area contributed by atoms with E-state index in [0.717, 1.165) is 38.7 Å². The van der Waals surface area contributed by atoms with Crippen LogP contribution in [0.4, 0.5) is 11.5 Å². The van der Waals surface area contributed by atoms with E-state index in [2.05, 4.69) is 31.3 Å². The van der Waals surface area contributed by atoms with Crippen molar-refractivity contribution < 1.29 is 9.90 Å². The minimum Gasteiger partial charge on any atom is -0.478 e. The molecule has 0 amide bonds. The Hall–Kier alpha value is -3.25. The number of carboxylic acids is 1. The van der Waals surface area contributed by atoms with Crippen LogP contribution in [0.5, 0.6) is 0 Å². The molecule has 6 heteroatoms. The molecule has 0 aliphatic carbocycles. The highest BCUT2D eigenvalue weighted by atomic mass is 32.1. The molecule has 140 valence electrons. The molecule has 0 unspecified atom stereocenters. The molecule has 0 bridgehead atoms. The second-order valence-corrected chi connectivity index (χ2v) is 7.82. The fourth-order valence-electron chi connectivity index (χ4n) is 3.07. The van der Waals surface area contributed by atoms with Crippen LogP contribution >= 0.6 is 11.3 Å². The molecule has 28 heavy (non-hydrogen) atoms. The lowest BCUT2D eigenvalue weighted by Crippen LogP contribution is -2.03. The highest BCUT2D eigenvalue weighted by Crippen LogP contribution is 2.34. The second-order valence-electron chi connectivity index (χ2n) is 6.62. The van der Waals surface area contributed by atoms with Gasteiger partial charge >= 0.3 is 5.97 Å². The molecule has 0 atom stereocenters. The van der Waals surface area contributed by atoms with E-state index in [1.165, 1.54) is 4.88 Å². The van der Waals surface area contributed by atoms with Crippen LogP contribution in [0.1, 0.15) is 32.2 Å². The predicted molar refractivity (Wildman–Crippen MR) is 113 cm³/mol. The Morgan fingerprint density at radius 2 is 1.75 bits per heavy atom. The zero-order chi connectivity index (χ0) is 19.7. The van der Waals surface area contributed by atoms with Gasteiger partial charge in [0.05, 0.1) is 10.9 Å². The summed E-state index contributed by atoms with van der Waals surface area (Å²) in [5.41, 5.74) is 3.36. The molecule has 4 rings (SSSR count). The fourth-order valence-corrected chi connectivity index (χ4v) is 4.12. The highest BCUT2D eigenvalue weighted by Gasteiger charge is 2.15. The number of aromatic carboxylic acids is 1. The molecule has 2 N–H and O–H groups in total. The molecule has 0 saturated carbocycles. The van der Waals surface area contributed by atoms with E-state index in [1.54, 1.807) is 35.6 Å². The molecule has 0 radical (unpaired) electrons. The van der Waals surface area contributed by atoms with Crippen molar-refractivity contribution in [1.82, 2.24) is 9.97 Å². The molecular formula is C22H19N3O2S. The van der Waals surface area contributed by atoms with Gasteiger partial charge in [-0.05, 0) is 49.2 Å².